The topological polar surface area (TPSA) is 34.2 Å². The molecule has 0 amide bonds. The number of aromatic nitrogens is 1. The zero-order valence-corrected chi connectivity index (χ0v) is 11.8. The van der Waals surface area contributed by atoms with Gasteiger partial charge in [-0.3, -0.25) is 0 Å². The summed E-state index contributed by atoms with van der Waals surface area (Å²) in [6.07, 6.45) is 4.71. The molecule has 0 atom stereocenters. The van der Waals surface area contributed by atoms with Crippen molar-refractivity contribution in [3.8, 4) is 0 Å². The first-order valence-corrected chi connectivity index (χ1v) is 7.25. The van der Waals surface area contributed by atoms with Gasteiger partial charge < -0.3 is 15.2 Å². The van der Waals surface area contributed by atoms with Crippen molar-refractivity contribution < 1.29 is 0 Å². The van der Waals surface area contributed by atoms with E-state index in [0.717, 1.165) is 5.69 Å². The lowest BCUT2D eigenvalue weighted by Crippen LogP contribution is -2.38. The summed E-state index contributed by atoms with van der Waals surface area (Å²) >= 11 is 0. The van der Waals surface area contributed by atoms with Gasteiger partial charge in [0.05, 0.1) is 0 Å². The Morgan fingerprint density at radius 1 is 1.16 bits per heavy atom. The van der Waals surface area contributed by atoms with Crippen LogP contribution in [0, 0.1) is 0 Å². The van der Waals surface area contributed by atoms with Gasteiger partial charge in [0.15, 0.2) is 0 Å². The van der Waals surface area contributed by atoms with Gasteiger partial charge in [-0.25, -0.2) is 0 Å². The molecule has 0 radical (unpaired) electrons. The molecule has 0 saturated carbocycles. The molecule has 2 aromatic rings. The molecule has 1 aliphatic rings. The van der Waals surface area contributed by atoms with E-state index in [-0.39, 0.29) is 0 Å². The zero-order valence-electron chi connectivity index (χ0n) is 11.8. The van der Waals surface area contributed by atoms with Crippen LogP contribution >= 0.6 is 0 Å². The van der Waals surface area contributed by atoms with Crippen LogP contribution in [0.25, 0.3) is 10.9 Å². The van der Waals surface area contributed by atoms with Gasteiger partial charge in [-0.05, 0) is 51.0 Å². The van der Waals surface area contributed by atoms with Crippen molar-refractivity contribution in [2.24, 2.45) is 0 Å². The van der Waals surface area contributed by atoms with Crippen molar-refractivity contribution in [2.75, 3.05) is 18.8 Å². The summed E-state index contributed by atoms with van der Waals surface area (Å²) in [5.74, 6) is 0. The van der Waals surface area contributed by atoms with E-state index >= 15 is 0 Å². The normalized spacial score (nSPS) is 18.5. The van der Waals surface area contributed by atoms with Crippen molar-refractivity contribution in [1.29, 1.82) is 0 Å². The Kier molecular flexibility index (Phi) is 3.23. The molecule has 0 bridgehead atoms. The SMILES string of the molecule is CC(C)N1CCC(n2ccc3cc(N)ccc32)CC1. The molecule has 1 fully saturated rings. The average Bonchev–Trinajstić information content (AvgIpc) is 2.81. The van der Waals surface area contributed by atoms with Crippen LogP contribution in [-0.4, -0.2) is 28.6 Å². The standard InChI is InChI=1S/C16H23N3/c1-12(2)18-8-6-15(7-9-18)19-10-5-13-11-14(17)3-4-16(13)19/h3-5,10-12,15H,6-9,17H2,1-2H3. The maximum atomic E-state index is 5.85. The van der Waals surface area contributed by atoms with Crippen LogP contribution < -0.4 is 5.73 Å². The van der Waals surface area contributed by atoms with E-state index in [4.69, 9.17) is 5.73 Å². The number of hydrogen-bond acceptors (Lipinski definition) is 2. The fraction of sp³-hybridized carbons (Fsp3) is 0.500. The first kappa shape index (κ1) is 12.5. The van der Waals surface area contributed by atoms with Crippen LogP contribution in [-0.2, 0) is 0 Å². The largest absolute Gasteiger partial charge is 0.399 e. The molecular weight excluding hydrogens is 234 g/mol. The molecular formula is C16H23N3. The summed E-state index contributed by atoms with van der Waals surface area (Å²) in [7, 11) is 0. The highest BCUT2D eigenvalue weighted by atomic mass is 15.2. The van der Waals surface area contributed by atoms with E-state index in [9.17, 15) is 0 Å². The summed E-state index contributed by atoms with van der Waals surface area (Å²) in [5, 5.41) is 1.26. The van der Waals surface area contributed by atoms with Crippen molar-refractivity contribution in [3.63, 3.8) is 0 Å². The van der Waals surface area contributed by atoms with Crippen LogP contribution in [0.4, 0.5) is 5.69 Å². The van der Waals surface area contributed by atoms with Crippen LogP contribution in [0.15, 0.2) is 30.5 Å². The van der Waals surface area contributed by atoms with Crippen LogP contribution in [0.3, 0.4) is 0 Å². The summed E-state index contributed by atoms with van der Waals surface area (Å²) in [6.45, 7) is 6.98. The first-order chi connectivity index (χ1) is 9.15. The van der Waals surface area contributed by atoms with Gasteiger partial charge in [0.2, 0.25) is 0 Å². The molecule has 2 N–H and O–H groups in total. The lowest BCUT2D eigenvalue weighted by Gasteiger charge is -2.35. The molecule has 1 aliphatic heterocycles. The van der Waals surface area contributed by atoms with Gasteiger partial charge >= 0.3 is 0 Å². The Balaban J connectivity index is 1.82. The minimum Gasteiger partial charge on any atom is -0.399 e. The summed E-state index contributed by atoms with van der Waals surface area (Å²) in [4.78, 5) is 2.57. The van der Waals surface area contributed by atoms with Crippen molar-refractivity contribution in [1.82, 2.24) is 9.47 Å². The minimum atomic E-state index is 0.635. The van der Waals surface area contributed by atoms with Gasteiger partial charge in [0.1, 0.15) is 0 Å². The highest BCUT2D eigenvalue weighted by Gasteiger charge is 2.22. The average molecular weight is 257 g/mol. The third-order valence-corrected chi connectivity index (χ3v) is 4.37. The van der Waals surface area contributed by atoms with Crippen LogP contribution in [0.1, 0.15) is 32.7 Å². The Morgan fingerprint density at radius 2 is 1.89 bits per heavy atom. The van der Waals surface area contributed by atoms with Crippen LogP contribution in [0.5, 0.6) is 0 Å². The van der Waals surface area contributed by atoms with E-state index in [0.29, 0.717) is 12.1 Å². The van der Waals surface area contributed by atoms with Gasteiger partial charge in [-0.1, -0.05) is 0 Å². The van der Waals surface area contributed by atoms with Crippen molar-refractivity contribution >= 4 is 16.6 Å². The lowest BCUT2D eigenvalue weighted by molar-refractivity contribution is 0.153. The number of benzene rings is 1. The lowest BCUT2D eigenvalue weighted by atomic mass is 10.0. The number of fused-ring (bicyclic) bond motifs is 1. The van der Waals surface area contributed by atoms with E-state index in [2.05, 4.69) is 47.7 Å². The van der Waals surface area contributed by atoms with Gasteiger partial charge in [0.25, 0.3) is 0 Å². The van der Waals surface area contributed by atoms with Gasteiger partial charge in [0, 0.05) is 48.0 Å². The highest BCUT2D eigenvalue weighted by Crippen LogP contribution is 2.29. The number of rotatable bonds is 2. The maximum Gasteiger partial charge on any atom is 0.0484 e. The summed E-state index contributed by atoms with van der Waals surface area (Å²) in [6, 6.07) is 9.70. The van der Waals surface area contributed by atoms with Crippen LogP contribution in [0.2, 0.25) is 0 Å². The Labute approximate surface area is 115 Å². The predicted molar refractivity (Wildman–Crippen MR) is 81.3 cm³/mol. The quantitative estimate of drug-likeness (QED) is 0.838. The summed E-state index contributed by atoms with van der Waals surface area (Å²) in [5.41, 5.74) is 8.01. The molecule has 1 saturated heterocycles. The molecule has 0 unspecified atom stereocenters. The number of likely N-dealkylation sites (tertiary alicyclic amines) is 1. The number of piperidine rings is 1. The number of nitrogen functional groups attached to an aromatic ring is 1. The third kappa shape index (κ3) is 2.35. The minimum absolute atomic E-state index is 0.635. The number of nitrogens with zero attached hydrogens (tertiary/aromatic N) is 2. The summed E-state index contributed by atoms with van der Waals surface area (Å²) < 4.78 is 2.44. The first-order valence-electron chi connectivity index (χ1n) is 7.25. The molecule has 1 aromatic carbocycles. The van der Waals surface area contributed by atoms with E-state index in [1.54, 1.807) is 0 Å². The maximum absolute atomic E-state index is 5.85. The monoisotopic (exact) mass is 257 g/mol. The van der Waals surface area contributed by atoms with Crippen molar-refractivity contribution in [3.05, 3.63) is 30.5 Å². The third-order valence-electron chi connectivity index (χ3n) is 4.37. The van der Waals surface area contributed by atoms with Gasteiger partial charge in [-0.2, -0.15) is 0 Å². The smallest absolute Gasteiger partial charge is 0.0484 e. The molecule has 3 rings (SSSR count). The highest BCUT2D eigenvalue weighted by molar-refractivity contribution is 5.83. The Bertz CT molecular complexity index is 562. The van der Waals surface area contributed by atoms with Crippen molar-refractivity contribution in [2.45, 2.75) is 38.8 Å². The molecule has 0 aliphatic carbocycles. The number of hydrogen-bond donors (Lipinski definition) is 1. The molecule has 3 nitrogen and oxygen atoms in total. The second kappa shape index (κ2) is 4.89. The fourth-order valence-corrected chi connectivity index (χ4v) is 3.18. The second-order valence-electron chi connectivity index (χ2n) is 5.90. The fourth-order valence-electron chi connectivity index (χ4n) is 3.18. The Hall–Kier alpha value is -1.48. The molecule has 2 heterocycles. The zero-order chi connectivity index (χ0) is 13.4. The molecule has 1 aromatic heterocycles. The molecule has 3 heteroatoms. The second-order valence-corrected chi connectivity index (χ2v) is 5.90. The van der Waals surface area contributed by atoms with Gasteiger partial charge in [-0.15, -0.1) is 0 Å². The van der Waals surface area contributed by atoms with E-state index < -0.39 is 0 Å². The number of nitrogens with two attached hydrogens (primary N) is 1. The Morgan fingerprint density at radius 3 is 2.58 bits per heavy atom. The predicted octanol–water partition coefficient (Wildman–Crippen LogP) is 3.27. The molecule has 19 heavy (non-hydrogen) atoms. The van der Waals surface area contributed by atoms with E-state index in [1.807, 2.05) is 6.07 Å². The van der Waals surface area contributed by atoms with E-state index in [1.165, 1.54) is 36.8 Å². The molecule has 102 valence electrons. The number of anilines is 1. The molecule has 0 spiro atoms.